The summed E-state index contributed by atoms with van der Waals surface area (Å²) in [6.07, 6.45) is 0. The molecule has 0 bridgehead atoms. The number of piperazine rings is 1. The topological polar surface area (TPSA) is 53.5 Å². The second kappa shape index (κ2) is 8.78. The lowest BCUT2D eigenvalue weighted by Gasteiger charge is -2.33. The third-order valence-electron chi connectivity index (χ3n) is 5.39. The van der Waals surface area contributed by atoms with Crippen molar-refractivity contribution in [3.63, 3.8) is 0 Å². The highest BCUT2D eigenvalue weighted by Crippen LogP contribution is 2.31. The fourth-order valence-corrected chi connectivity index (χ4v) is 6.24. The SMILES string of the molecule is Cc1ccc(C)c(-c2csc(N3CCN(S(=O)(=O)c4ccc(CBr)cc4)CC3)n2)c1. The van der Waals surface area contributed by atoms with Crippen molar-refractivity contribution < 1.29 is 8.42 Å². The van der Waals surface area contributed by atoms with E-state index in [1.807, 2.05) is 12.1 Å². The standard InChI is InChI=1S/C22H24BrN3O2S2/c1-16-3-4-17(2)20(13-16)21-15-29-22(24-21)25-9-11-26(12-10-25)30(27,28)19-7-5-18(14-23)6-8-19/h3-8,13,15H,9-12,14H2,1-2H3. The third kappa shape index (κ3) is 4.32. The minimum absolute atomic E-state index is 0.354. The van der Waals surface area contributed by atoms with Crippen LogP contribution < -0.4 is 4.90 Å². The molecular weight excluding hydrogens is 482 g/mol. The van der Waals surface area contributed by atoms with E-state index in [4.69, 9.17) is 4.98 Å². The van der Waals surface area contributed by atoms with Crippen LogP contribution in [0.2, 0.25) is 0 Å². The first-order valence-electron chi connectivity index (χ1n) is 9.81. The smallest absolute Gasteiger partial charge is 0.243 e. The second-order valence-corrected chi connectivity index (χ2v) is 10.8. The molecule has 2 heterocycles. The predicted molar refractivity (Wildman–Crippen MR) is 127 cm³/mol. The predicted octanol–water partition coefficient (Wildman–Crippen LogP) is 4.83. The lowest BCUT2D eigenvalue weighted by atomic mass is 10.0. The zero-order valence-electron chi connectivity index (χ0n) is 17.0. The van der Waals surface area contributed by atoms with Crippen LogP contribution in [0.25, 0.3) is 11.3 Å². The van der Waals surface area contributed by atoms with E-state index in [0.29, 0.717) is 36.4 Å². The summed E-state index contributed by atoms with van der Waals surface area (Å²) < 4.78 is 27.5. The fraction of sp³-hybridized carbons (Fsp3) is 0.318. The molecule has 4 rings (SSSR count). The van der Waals surface area contributed by atoms with Crippen LogP contribution in [-0.4, -0.2) is 43.9 Å². The van der Waals surface area contributed by atoms with Crippen LogP contribution in [0.4, 0.5) is 5.13 Å². The Kier molecular flexibility index (Phi) is 6.29. The number of aryl methyl sites for hydroxylation is 2. The minimum atomic E-state index is -3.47. The molecule has 0 atom stereocenters. The lowest BCUT2D eigenvalue weighted by Crippen LogP contribution is -2.48. The van der Waals surface area contributed by atoms with Gasteiger partial charge in [0.15, 0.2) is 5.13 Å². The first-order valence-corrected chi connectivity index (χ1v) is 13.3. The van der Waals surface area contributed by atoms with Gasteiger partial charge in [-0.25, -0.2) is 13.4 Å². The van der Waals surface area contributed by atoms with Crippen molar-refractivity contribution in [1.82, 2.24) is 9.29 Å². The number of rotatable bonds is 5. The van der Waals surface area contributed by atoms with Gasteiger partial charge in [0.2, 0.25) is 10.0 Å². The van der Waals surface area contributed by atoms with Crippen LogP contribution in [-0.2, 0) is 15.4 Å². The molecule has 0 radical (unpaired) electrons. The molecule has 0 spiro atoms. The minimum Gasteiger partial charge on any atom is -0.345 e. The first kappa shape index (κ1) is 21.5. The number of aromatic nitrogens is 1. The number of nitrogens with zero attached hydrogens (tertiary/aromatic N) is 3. The highest BCUT2D eigenvalue weighted by Gasteiger charge is 2.29. The molecule has 1 fully saturated rings. The molecule has 0 aliphatic carbocycles. The zero-order chi connectivity index (χ0) is 21.3. The molecule has 1 saturated heterocycles. The van der Waals surface area contributed by atoms with Crippen molar-refractivity contribution in [3.8, 4) is 11.3 Å². The molecule has 5 nitrogen and oxygen atoms in total. The summed E-state index contributed by atoms with van der Waals surface area (Å²) in [5.74, 6) is 0. The highest BCUT2D eigenvalue weighted by molar-refractivity contribution is 9.08. The Morgan fingerprint density at radius 1 is 1.03 bits per heavy atom. The average molecular weight is 506 g/mol. The number of anilines is 1. The van der Waals surface area contributed by atoms with Crippen LogP contribution in [0.1, 0.15) is 16.7 Å². The molecule has 0 N–H and O–H groups in total. The summed E-state index contributed by atoms with van der Waals surface area (Å²) in [6, 6.07) is 13.5. The molecule has 1 aliphatic rings. The van der Waals surface area contributed by atoms with Gasteiger partial charge < -0.3 is 4.90 Å². The van der Waals surface area contributed by atoms with E-state index < -0.39 is 10.0 Å². The van der Waals surface area contributed by atoms with Gasteiger partial charge in [-0.2, -0.15) is 4.31 Å². The normalized spacial score (nSPS) is 15.5. The highest BCUT2D eigenvalue weighted by atomic mass is 79.9. The molecule has 0 amide bonds. The van der Waals surface area contributed by atoms with Crippen LogP contribution in [0.15, 0.2) is 52.7 Å². The van der Waals surface area contributed by atoms with Gasteiger partial charge in [-0.15, -0.1) is 11.3 Å². The second-order valence-electron chi connectivity index (χ2n) is 7.50. The summed E-state index contributed by atoms with van der Waals surface area (Å²) >= 11 is 5.01. The van der Waals surface area contributed by atoms with Gasteiger partial charge in [0.1, 0.15) is 0 Å². The maximum Gasteiger partial charge on any atom is 0.243 e. The van der Waals surface area contributed by atoms with Crippen molar-refractivity contribution in [2.24, 2.45) is 0 Å². The molecule has 0 saturated carbocycles. The van der Waals surface area contributed by atoms with Gasteiger partial charge in [-0.3, -0.25) is 0 Å². The van der Waals surface area contributed by atoms with E-state index in [2.05, 4.69) is 58.3 Å². The van der Waals surface area contributed by atoms with Crippen LogP contribution in [0, 0.1) is 13.8 Å². The summed E-state index contributed by atoms with van der Waals surface area (Å²) in [4.78, 5) is 7.38. The average Bonchev–Trinajstić information content (AvgIpc) is 3.25. The number of alkyl halides is 1. The molecule has 30 heavy (non-hydrogen) atoms. The Morgan fingerprint density at radius 2 is 1.73 bits per heavy atom. The van der Waals surface area contributed by atoms with E-state index >= 15 is 0 Å². The van der Waals surface area contributed by atoms with Gasteiger partial charge in [-0.05, 0) is 43.2 Å². The van der Waals surface area contributed by atoms with Gasteiger partial charge in [0.05, 0.1) is 10.6 Å². The monoisotopic (exact) mass is 505 g/mol. The van der Waals surface area contributed by atoms with Crippen molar-refractivity contribution in [2.75, 3.05) is 31.1 Å². The van der Waals surface area contributed by atoms with E-state index in [-0.39, 0.29) is 0 Å². The Bertz CT molecular complexity index is 1140. The van der Waals surface area contributed by atoms with Crippen LogP contribution >= 0.6 is 27.3 Å². The number of benzene rings is 2. The van der Waals surface area contributed by atoms with Crippen molar-refractivity contribution >= 4 is 42.4 Å². The summed E-state index contributed by atoms with van der Waals surface area (Å²) in [5, 5.41) is 3.75. The van der Waals surface area contributed by atoms with E-state index in [0.717, 1.165) is 22.0 Å². The molecule has 3 aromatic rings. The molecule has 1 aliphatic heterocycles. The fourth-order valence-electron chi connectivity index (χ4n) is 3.56. The molecule has 158 valence electrons. The Morgan fingerprint density at radius 3 is 2.40 bits per heavy atom. The zero-order valence-corrected chi connectivity index (χ0v) is 20.2. The maximum absolute atomic E-state index is 13.0. The molecule has 2 aromatic carbocycles. The van der Waals surface area contributed by atoms with Crippen molar-refractivity contribution in [2.45, 2.75) is 24.1 Å². The first-order chi connectivity index (χ1) is 14.4. The number of hydrogen-bond acceptors (Lipinski definition) is 5. The summed E-state index contributed by atoms with van der Waals surface area (Å²) in [7, 11) is -3.47. The van der Waals surface area contributed by atoms with Gasteiger partial charge in [-0.1, -0.05) is 45.8 Å². The molecule has 0 unspecified atom stereocenters. The van der Waals surface area contributed by atoms with Gasteiger partial charge in [0.25, 0.3) is 0 Å². The van der Waals surface area contributed by atoms with E-state index in [9.17, 15) is 8.42 Å². The summed E-state index contributed by atoms with van der Waals surface area (Å²) in [6.45, 7) is 6.38. The molecule has 1 aromatic heterocycles. The Labute approximate surface area is 190 Å². The van der Waals surface area contributed by atoms with E-state index in [1.165, 1.54) is 11.1 Å². The number of hydrogen-bond donors (Lipinski definition) is 0. The maximum atomic E-state index is 13.0. The van der Waals surface area contributed by atoms with Crippen LogP contribution in [0.3, 0.4) is 0 Å². The number of sulfonamides is 1. The van der Waals surface area contributed by atoms with Gasteiger partial charge in [0, 0.05) is 42.5 Å². The van der Waals surface area contributed by atoms with E-state index in [1.54, 1.807) is 27.8 Å². The molecular formula is C22H24BrN3O2S2. The van der Waals surface area contributed by atoms with Crippen molar-refractivity contribution in [3.05, 3.63) is 64.5 Å². The number of thiazole rings is 1. The third-order valence-corrected chi connectivity index (χ3v) is 8.85. The van der Waals surface area contributed by atoms with Crippen LogP contribution in [0.5, 0.6) is 0 Å². The number of halogens is 1. The summed E-state index contributed by atoms with van der Waals surface area (Å²) in [5.41, 5.74) is 5.62. The van der Waals surface area contributed by atoms with Crippen molar-refractivity contribution in [1.29, 1.82) is 0 Å². The largest absolute Gasteiger partial charge is 0.345 e. The van der Waals surface area contributed by atoms with Gasteiger partial charge >= 0.3 is 0 Å². The molecule has 8 heteroatoms. The quantitative estimate of drug-likeness (QED) is 0.465. The Balaban J connectivity index is 1.46. The Hall–Kier alpha value is -1.74. The lowest BCUT2D eigenvalue weighted by molar-refractivity contribution is 0.385.